The van der Waals surface area contributed by atoms with Crippen LogP contribution in [-0.2, 0) is 0 Å². The zero-order valence-corrected chi connectivity index (χ0v) is 7.72. The number of halogens is 2. The second-order valence-electron chi connectivity index (χ2n) is 2.72. The highest BCUT2D eigenvalue weighted by molar-refractivity contribution is 5.75. The molecular weight excluding hydrogens is 204 g/mol. The van der Waals surface area contributed by atoms with Crippen LogP contribution in [0.25, 0.3) is 0 Å². The first kappa shape index (κ1) is 10.9. The number of guanidine groups is 2. The lowest BCUT2D eigenvalue weighted by molar-refractivity contribution is -0.462. The zero-order chi connectivity index (χ0) is 11.4. The third-order valence-electron chi connectivity index (χ3n) is 1.50. The molecule has 0 saturated carbocycles. The Balaban J connectivity index is 3.13. The number of rotatable bonds is 1. The third-order valence-corrected chi connectivity index (χ3v) is 1.50. The molecule has 8 N–H and O–H groups in total. The monoisotopic (exact) mass is 215 g/mol. The summed E-state index contributed by atoms with van der Waals surface area (Å²) in [6.45, 7) is 0. The molecule has 0 aliphatic carbocycles. The molecule has 0 heterocycles. The van der Waals surface area contributed by atoms with E-state index in [4.69, 9.17) is 17.2 Å². The minimum absolute atomic E-state index is 0.168. The Hall–Kier alpha value is -2.18. The van der Waals surface area contributed by atoms with E-state index in [-0.39, 0.29) is 17.6 Å². The zero-order valence-electron chi connectivity index (χ0n) is 7.72. The third kappa shape index (κ3) is 2.90. The summed E-state index contributed by atoms with van der Waals surface area (Å²) < 4.78 is 26.2. The quantitative estimate of drug-likeness (QED) is 0.246. The molecule has 0 aliphatic heterocycles. The van der Waals surface area contributed by atoms with Crippen molar-refractivity contribution < 1.29 is 18.8 Å². The van der Waals surface area contributed by atoms with Gasteiger partial charge in [-0.1, -0.05) is 6.07 Å². The summed E-state index contributed by atoms with van der Waals surface area (Å²) in [6.07, 6.45) is 0. The fourth-order valence-corrected chi connectivity index (χ4v) is 0.939. The highest BCUT2D eigenvalue weighted by Gasteiger charge is 2.10. The maximum Gasteiger partial charge on any atom is 0.390 e. The van der Waals surface area contributed by atoms with Gasteiger partial charge in [0.05, 0.1) is 0 Å². The van der Waals surface area contributed by atoms with Gasteiger partial charge in [-0.25, -0.2) is 13.8 Å². The van der Waals surface area contributed by atoms with Gasteiger partial charge >= 0.3 is 11.9 Å². The summed E-state index contributed by atoms with van der Waals surface area (Å²) in [5.41, 5.74) is 15.1. The maximum atomic E-state index is 13.1. The van der Waals surface area contributed by atoms with Crippen molar-refractivity contribution in [2.45, 2.75) is 0 Å². The van der Waals surface area contributed by atoms with Gasteiger partial charge in [-0.2, -0.15) is 4.99 Å². The predicted molar refractivity (Wildman–Crippen MR) is 50.5 cm³/mol. The molecule has 0 saturated heterocycles. The van der Waals surface area contributed by atoms with Gasteiger partial charge in [0.25, 0.3) is 0 Å². The number of para-hydroxylation sites is 1. The van der Waals surface area contributed by atoms with Crippen LogP contribution in [0.5, 0.6) is 0 Å². The molecule has 0 radical (unpaired) electrons. The van der Waals surface area contributed by atoms with Gasteiger partial charge in [-0.15, -0.1) is 0 Å². The number of nitrogens with one attached hydrogen (secondary N) is 2. The van der Waals surface area contributed by atoms with Gasteiger partial charge in [0, 0.05) is 0 Å². The van der Waals surface area contributed by atoms with Crippen LogP contribution in [0, 0.1) is 11.6 Å². The fourth-order valence-electron chi connectivity index (χ4n) is 0.939. The van der Waals surface area contributed by atoms with Crippen molar-refractivity contribution in [3.63, 3.8) is 0 Å². The molecule has 7 heteroatoms. The van der Waals surface area contributed by atoms with E-state index in [0.29, 0.717) is 0 Å². The van der Waals surface area contributed by atoms with Gasteiger partial charge in [0.2, 0.25) is 0 Å². The average Bonchev–Trinajstić information content (AvgIpc) is 2.10. The van der Waals surface area contributed by atoms with E-state index in [0.717, 1.165) is 12.1 Å². The van der Waals surface area contributed by atoms with Gasteiger partial charge in [0.1, 0.15) is 0 Å². The molecule has 5 nitrogen and oxygen atoms in total. The van der Waals surface area contributed by atoms with E-state index < -0.39 is 11.6 Å². The first-order chi connectivity index (χ1) is 7.00. The Kier molecular flexibility index (Phi) is 3.17. The standard InChI is InChI=1S/C8H9F2N5/c9-4-2-1-3-5(10)6(4)14-8(13)15-7(11)12/h1-3H,(H6,11,12,13,14,15)/p+2. The molecule has 1 aromatic carbocycles. The lowest BCUT2D eigenvalue weighted by atomic mass is 10.3. The highest BCUT2D eigenvalue weighted by Crippen LogP contribution is 2.10. The van der Waals surface area contributed by atoms with Gasteiger partial charge in [-0.3, -0.25) is 17.2 Å². The Bertz CT molecular complexity index is 403. The van der Waals surface area contributed by atoms with Crippen molar-refractivity contribution in [3.8, 4) is 0 Å². The molecule has 0 aliphatic rings. The first-order valence-electron chi connectivity index (χ1n) is 3.99. The predicted octanol–water partition coefficient (Wildman–Crippen LogP) is -3.65. The largest absolute Gasteiger partial charge is 0.390 e. The number of benzene rings is 1. The van der Waals surface area contributed by atoms with E-state index >= 15 is 0 Å². The summed E-state index contributed by atoms with van der Waals surface area (Å²) in [5, 5.41) is 0. The van der Waals surface area contributed by atoms with Crippen molar-refractivity contribution in [2.75, 3.05) is 0 Å². The summed E-state index contributed by atoms with van der Waals surface area (Å²) in [6, 6.07) is 3.42. The van der Waals surface area contributed by atoms with Crippen LogP contribution in [0.2, 0.25) is 0 Å². The molecule has 0 unspecified atom stereocenters. The maximum absolute atomic E-state index is 13.1. The molecule has 80 valence electrons. The second-order valence-corrected chi connectivity index (χ2v) is 2.72. The number of nitrogens with two attached hydrogens (primary N) is 3. The van der Waals surface area contributed by atoms with Gasteiger partial charge in [-0.05, 0) is 12.1 Å². The van der Waals surface area contributed by atoms with Crippen LogP contribution < -0.4 is 27.2 Å². The number of hydrogen-bond acceptors (Lipinski definition) is 0. The van der Waals surface area contributed by atoms with Crippen LogP contribution in [0.4, 0.5) is 14.5 Å². The van der Waals surface area contributed by atoms with Crippen molar-refractivity contribution in [1.82, 2.24) is 0 Å². The first-order valence-corrected chi connectivity index (χ1v) is 3.99. The number of hydrogen-bond donors (Lipinski definition) is 5. The molecule has 0 spiro atoms. The minimum Gasteiger partial charge on any atom is -0.275 e. The smallest absolute Gasteiger partial charge is 0.275 e. The molecule has 0 aromatic heterocycles. The van der Waals surface area contributed by atoms with Crippen molar-refractivity contribution in [1.29, 1.82) is 0 Å². The lowest BCUT2D eigenvalue weighted by Gasteiger charge is -1.95. The SMILES string of the molecule is NC(N)=[NH+]C(N)=[NH+]c1c(F)cccc1F. The van der Waals surface area contributed by atoms with E-state index in [1.165, 1.54) is 6.07 Å². The van der Waals surface area contributed by atoms with Crippen molar-refractivity contribution >= 4 is 17.6 Å². The van der Waals surface area contributed by atoms with Gasteiger partial charge < -0.3 is 0 Å². The van der Waals surface area contributed by atoms with Crippen LogP contribution in [-0.4, -0.2) is 11.9 Å². The lowest BCUT2D eigenvalue weighted by Crippen LogP contribution is -2.96. The molecule has 0 atom stereocenters. The Labute approximate surface area is 84.3 Å². The average molecular weight is 215 g/mol. The molecule has 1 aromatic rings. The van der Waals surface area contributed by atoms with Crippen LogP contribution in [0.3, 0.4) is 0 Å². The van der Waals surface area contributed by atoms with Crippen molar-refractivity contribution in [2.24, 2.45) is 17.2 Å². The molecule has 1 rings (SSSR count). The van der Waals surface area contributed by atoms with Crippen molar-refractivity contribution in [3.05, 3.63) is 29.8 Å². The fraction of sp³-hybridized carbons (Fsp3) is 0. The summed E-state index contributed by atoms with van der Waals surface area (Å²) in [5.74, 6) is -1.89. The Morgan fingerprint density at radius 2 is 1.60 bits per heavy atom. The van der Waals surface area contributed by atoms with E-state index in [2.05, 4.69) is 9.98 Å². The minimum atomic E-state index is -0.768. The van der Waals surface area contributed by atoms with Crippen LogP contribution in [0.1, 0.15) is 0 Å². The molecular formula is C8H11F2N5+2. The van der Waals surface area contributed by atoms with Crippen LogP contribution in [0.15, 0.2) is 18.2 Å². The molecule has 15 heavy (non-hydrogen) atoms. The van der Waals surface area contributed by atoms with E-state index in [9.17, 15) is 8.78 Å². The Morgan fingerprint density at radius 1 is 1.07 bits per heavy atom. The topological polar surface area (TPSA) is 106 Å². The molecule has 0 amide bonds. The molecule has 0 fully saturated rings. The van der Waals surface area contributed by atoms with E-state index in [1.807, 2.05) is 0 Å². The molecule has 0 bridgehead atoms. The highest BCUT2D eigenvalue weighted by atomic mass is 19.1. The summed E-state index contributed by atoms with van der Waals surface area (Å²) >= 11 is 0. The Morgan fingerprint density at radius 3 is 2.07 bits per heavy atom. The summed E-state index contributed by atoms with van der Waals surface area (Å²) in [4.78, 5) is 4.53. The van der Waals surface area contributed by atoms with E-state index in [1.54, 1.807) is 0 Å². The normalized spacial score (nSPS) is 11.2. The summed E-state index contributed by atoms with van der Waals surface area (Å²) in [7, 11) is 0. The van der Waals surface area contributed by atoms with Gasteiger partial charge in [0.15, 0.2) is 17.3 Å². The second kappa shape index (κ2) is 4.36. The van der Waals surface area contributed by atoms with Crippen LogP contribution >= 0.6 is 0 Å².